The molecule has 7 heteroatoms. The standard InChI is InChI=1S/C16H16F3NO3/c17-16(18,19)14(9-21)10-1-3-12(4-2-10)20-8-11-7-13(22)5-6-15(11)23/h1-7,14,20-23H,8-9H2. The van der Waals surface area contributed by atoms with E-state index in [1.807, 2.05) is 0 Å². The molecule has 4 N–H and O–H groups in total. The third-order valence-electron chi connectivity index (χ3n) is 3.44. The summed E-state index contributed by atoms with van der Waals surface area (Å²) in [5, 5.41) is 30.9. The topological polar surface area (TPSA) is 72.7 Å². The molecule has 0 saturated carbocycles. The Labute approximate surface area is 130 Å². The lowest BCUT2D eigenvalue weighted by Gasteiger charge is -2.18. The Balaban J connectivity index is 2.07. The van der Waals surface area contributed by atoms with Crippen LogP contribution in [0, 0.1) is 0 Å². The maximum atomic E-state index is 12.7. The van der Waals surface area contributed by atoms with Crippen molar-refractivity contribution in [2.45, 2.75) is 18.6 Å². The predicted molar refractivity (Wildman–Crippen MR) is 79.4 cm³/mol. The van der Waals surface area contributed by atoms with Crippen molar-refractivity contribution in [2.75, 3.05) is 11.9 Å². The zero-order valence-electron chi connectivity index (χ0n) is 12.0. The van der Waals surface area contributed by atoms with Gasteiger partial charge in [-0.2, -0.15) is 13.2 Å². The quantitative estimate of drug-likeness (QED) is 0.636. The second kappa shape index (κ2) is 6.78. The van der Waals surface area contributed by atoms with Crippen LogP contribution in [0.5, 0.6) is 11.5 Å². The molecule has 2 aromatic rings. The van der Waals surface area contributed by atoms with E-state index in [0.717, 1.165) is 0 Å². The number of phenols is 2. The fourth-order valence-corrected chi connectivity index (χ4v) is 2.14. The van der Waals surface area contributed by atoms with Crippen molar-refractivity contribution in [2.24, 2.45) is 0 Å². The predicted octanol–water partition coefficient (Wildman–Crippen LogP) is 3.35. The normalized spacial score (nSPS) is 12.9. The highest BCUT2D eigenvalue weighted by Crippen LogP contribution is 2.34. The number of nitrogens with one attached hydrogen (secondary N) is 1. The fraction of sp³-hybridized carbons (Fsp3) is 0.250. The smallest absolute Gasteiger partial charge is 0.397 e. The first-order chi connectivity index (χ1) is 10.8. The zero-order valence-corrected chi connectivity index (χ0v) is 12.0. The summed E-state index contributed by atoms with van der Waals surface area (Å²) in [6.45, 7) is -0.810. The molecule has 124 valence electrons. The number of hydrogen-bond acceptors (Lipinski definition) is 4. The van der Waals surface area contributed by atoms with Crippen molar-refractivity contribution >= 4 is 5.69 Å². The number of benzene rings is 2. The van der Waals surface area contributed by atoms with Gasteiger partial charge in [0.15, 0.2) is 0 Å². The van der Waals surface area contributed by atoms with Crippen molar-refractivity contribution in [3.8, 4) is 11.5 Å². The molecule has 0 amide bonds. The zero-order chi connectivity index (χ0) is 17.0. The van der Waals surface area contributed by atoms with Crippen LogP contribution in [0.1, 0.15) is 17.0 Å². The summed E-state index contributed by atoms with van der Waals surface area (Å²) in [6, 6.07) is 9.60. The van der Waals surface area contributed by atoms with E-state index in [2.05, 4.69) is 5.32 Å². The van der Waals surface area contributed by atoms with Crippen LogP contribution in [0.4, 0.5) is 18.9 Å². The molecule has 0 saturated heterocycles. The Kier molecular flexibility index (Phi) is 5.00. The second-order valence-corrected chi connectivity index (χ2v) is 5.07. The Morgan fingerprint density at radius 3 is 2.22 bits per heavy atom. The van der Waals surface area contributed by atoms with E-state index < -0.39 is 18.7 Å². The van der Waals surface area contributed by atoms with E-state index in [-0.39, 0.29) is 23.6 Å². The number of hydrogen-bond donors (Lipinski definition) is 4. The van der Waals surface area contributed by atoms with Gasteiger partial charge >= 0.3 is 6.18 Å². The van der Waals surface area contributed by atoms with Crippen LogP contribution in [0.2, 0.25) is 0 Å². The van der Waals surface area contributed by atoms with Crippen molar-refractivity contribution in [1.29, 1.82) is 0 Å². The van der Waals surface area contributed by atoms with E-state index in [1.165, 1.54) is 42.5 Å². The van der Waals surface area contributed by atoms with Gasteiger partial charge in [-0.25, -0.2) is 0 Å². The maximum absolute atomic E-state index is 12.7. The largest absolute Gasteiger partial charge is 0.508 e. The Bertz CT molecular complexity index is 657. The maximum Gasteiger partial charge on any atom is 0.397 e. The van der Waals surface area contributed by atoms with Gasteiger partial charge in [-0.15, -0.1) is 0 Å². The summed E-state index contributed by atoms with van der Waals surface area (Å²) in [5.74, 6) is -1.90. The Morgan fingerprint density at radius 1 is 1.00 bits per heavy atom. The van der Waals surface area contributed by atoms with Crippen LogP contribution in [0.3, 0.4) is 0 Å². The van der Waals surface area contributed by atoms with Crippen LogP contribution in [-0.4, -0.2) is 28.1 Å². The van der Waals surface area contributed by atoms with Crippen LogP contribution < -0.4 is 5.32 Å². The SMILES string of the molecule is OCC(c1ccc(NCc2cc(O)ccc2O)cc1)C(F)(F)F. The lowest BCUT2D eigenvalue weighted by Crippen LogP contribution is -2.23. The number of halogens is 3. The van der Waals surface area contributed by atoms with E-state index in [1.54, 1.807) is 0 Å². The molecule has 0 heterocycles. The summed E-state index contributed by atoms with van der Waals surface area (Å²) in [5.41, 5.74) is 0.985. The summed E-state index contributed by atoms with van der Waals surface area (Å²) < 4.78 is 38.2. The molecule has 0 aliphatic heterocycles. The third-order valence-corrected chi connectivity index (χ3v) is 3.44. The van der Waals surface area contributed by atoms with Gasteiger partial charge in [0.05, 0.1) is 6.61 Å². The number of phenolic OH excluding ortho intramolecular Hbond substituents is 2. The first kappa shape index (κ1) is 17.0. The molecule has 4 nitrogen and oxygen atoms in total. The van der Waals surface area contributed by atoms with Gasteiger partial charge in [0.2, 0.25) is 0 Å². The molecular formula is C16H16F3NO3. The average Bonchev–Trinajstić information content (AvgIpc) is 2.49. The second-order valence-electron chi connectivity index (χ2n) is 5.07. The average molecular weight is 327 g/mol. The minimum absolute atomic E-state index is 0.00401. The molecule has 0 radical (unpaired) electrons. The van der Waals surface area contributed by atoms with Gasteiger partial charge in [-0.3, -0.25) is 0 Å². The van der Waals surface area contributed by atoms with Gasteiger partial charge in [-0.05, 0) is 35.9 Å². The lowest BCUT2D eigenvalue weighted by atomic mass is 9.99. The molecule has 0 bridgehead atoms. The highest BCUT2D eigenvalue weighted by Gasteiger charge is 2.40. The highest BCUT2D eigenvalue weighted by molar-refractivity contribution is 5.48. The van der Waals surface area contributed by atoms with Crippen LogP contribution in [-0.2, 0) is 6.54 Å². The monoisotopic (exact) mass is 327 g/mol. The molecule has 23 heavy (non-hydrogen) atoms. The van der Waals surface area contributed by atoms with Crippen LogP contribution in [0.15, 0.2) is 42.5 Å². The minimum Gasteiger partial charge on any atom is -0.508 e. The summed E-state index contributed by atoms with van der Waals surface area (Å²) in [7, 11) is 0. The molecular weight excluding hydrogens is 311 g/mol. The van der Waals surface area contributed by atoms with Crippen molar-refractivity contribution in [3.63, 3.8) is 0 Å². The van der Waals surface area contributed by atoms with Gasteiger partial charge in [0.25, 0.3) is 0 Å². The van der Waals surface area contributed by atoms with Crippen molar-refractivity contribution in [3.05, 3.63) is 53.6 Å². The molecule has 2 rings (SSSR count). The van der Waals surface area contributed by atoms with E-state index in [4.69, 9.17) is 5.11 Å². The first-order valence-corrected chi connectivity index (χ1v) is 6.83. The van der Waals surface area contributed by atoms with Gasteiger partial charge < -0.3 is 20.6 Å². The minimum atomic E-state index is -4.50. The van der Waals surface area contributed by atoms with Crippen molar-refractivity contribution < 1.29 is 28.5 Å². The van der Waals surface area contributed by atoms with Gasteiger partial charge in [-0.1, -0.05) is 12.1 Å². The molecule has 0 aliphatic carbocycles. The number of anilines is 1. The number of aromatic hydroxyl groups is 2. The summed E-state index contributed by atoms with van der Waals surface area (Å²) >= 11 is 0. The molecule has 1 unspecified atom stereocenters. The third kappa shape index (κ3) is 4.29. The van der Waals surface area contributed by atoms with Crippen molar-refractivity contribution in [1.82, 2.24) is 0 Å². The molecule has 0 fully saturated rings. The number of alkyl halides is 3. The first-order valence-electron chi connectivity index (χ1n) is 6.83. The molecule has 0 aliphatic rings. The number of aliphatic hydroxyl groups excluding tert-OH is 1. The Hall–Kier alpha value is -2.41. The lowest BCUT2D eigenvalue weighted by molar-refractivity contribution is -0.158. The van der Waals surface area contributed by atoms with E-state index >= 15 is 0 Å². The number of rotatable bonds is 5. The molecule has 1 atom stereocenters. The number of aliphatic hydroxyl groups is 1. The Morgan fingerprint density at radius 2 is 1.65 bits per heavy atom. The summed E-state index contributed by atoms with van der Waals surface area (Å²) in [4.78, 5) is 0. The van der Waals surface area contributed by atoms with Gasteiger partial charge in [0, 0.05) is 17.8 Å². The fourth-order valence-electron chi connectivity index (χ4n) is 2.14. The van der Waals surface area contributed by atoms with E-state index in [0.29, 0.717) is 11.3 Å². The molecule has 2 aromatic carbocycles. The van der Waals surface area contributed by atoms with Gasteiger partial charge in [0.1, 0.15) is 17.4 Å². The van der Waals surface area contributed by atoms with E-state index in [9.17, 15) is 23.4 Å². The van der Waals surface area contributed by atoms with Crippen LogP contribution >= 0.6 is 0 Å². The molecule has 0 aromatic heterocycles. The summed E-state index contributed by atoms with van der Waals surface area (Å²) in [6.07, 6.45) is -4.50. The molecule has 0 spiro atoms. The highest BCUT2D eigenvalue weighted by atomic mass is 19.4. The van der Waals surface area contributed by atoms with Crippen LogP contribution in [0.25, 0.3) is 0 Å².